The van der Waals surface area contributed by atoms with Crippen molar-refractivity contribution in [3.05, 3.63) is 58.7 Å². The zero-order chi connectivity index (χ0) is 22.2. The van der Waals surface area contributed by atoms with Crippen LogP contribution in [0.4, 0.5) is 5.82 Å². The van der Waals surface area contributed by atoms with Crippen LogP contribution in [-0.2, 0) is 6.54 Å². The number of nitrogens with one attached hydrogen (secondary N) is 2. The molecule has 0 spiro atoms. The van der Waals surface area contributed by atoms with Gasteiger partial charge in [0.25, 0.3) is 5.91 Å². The van der Waals surface area contributed by atoms with E-state index in [2.05, 4.69) is 25.5 Å². The Labute approximate surface area is 212 Å². The minimum absolute atomic E-state index is 0. The summed E-state index contributed by atoms with van der Waals surface area (Å²) in [6.45, 7) is 7.76. The predicted molar refractivity (Wildman–Crippen MR) is 142 cm³/mol. The number of halogens is 2. The number of aliphatic imine (C=N–C) groups is 1. The Kier molecular flexibility index (Phi) is 10.5. The summed E-state index contributed by atoms with van der Waals surface area (Å²) in [6.07, 6.45) is 2.75. The van der Waals surface area contributed by atoms with Crippen molar-refractivity contribution in [1.82, 2.24) is 20.5 Å². The number of carbonyl (C=O) groups excluding carboxylic acids is 1. The van der Waals surface area contributed by atoms with Crippen molar-refractivity contribution < 1.29 is 4.79 Å². The molecular weight excluding hydrogens is 539 g/mol. The van der Waals surface area contributed by atoms with Crippen molar-refractivity contribution in [2.45, 2.75) is 32.9 Å². The molecule has 0 bridgehead atoms. The highest BCUT2D eigenvalue weighted by Crippen LogP contribution is 2.25. The molecule has 1 aliphatic heterocycles. The van der Waals surface area contributed by atoms with E-state index in [-0.39, 0.29) is 35.9 Å². The Bertz CT molecular complexity index is 904. The van der Waals surface area contributed by atoms with Gasteiger partial charge in [-0.3, -0.25) is 9.79 Å². The maximum absolute atomic E-state index is 12.4. The maximum atomic E-state index is 12.4. The number of aromatic nitrogens is 1. The number of amides is 1. The molecule has 1 fully saturated rings. The standard InChI is InChI=1S/C23H31ClN6O.HI/c1-4-29(5-2)22(31)18-10-8-17(9-11-18)15-27-23(25-3)28-19-12-14-30(16-19)21-20(24)7-6-13-26-21;/h6-11,13,19H,4-5,12,14-16H2,1-3H3,(H2,25,27,28);1H. The van der Waals surface area contributed by atoms with Crippen molar-refractivity contribution >= 4 is 53.3 Å². The van der Waals surface area contributed by atoms with Crippen LogP contribution in [0, 0.1) is 0 Å². The molecule has 2 aromatic rings. The summed E-state index contributed by atoms with van der Waals surface area (Å²) in [5, 5.41) is 7.51. The molecule has 0 saturated carbocycles. The Balaban J connectivity index is 0.00000363. The lowest BCUT2D eigenvalue weighted by molar-refractivity contribution is 0.0773. The van der Waals surface area contributed by atoms with Crippen molar-refractivity contribution in [2.24, 2.45) is 4.99 Å². The van der Waals surface area contributed by atoms with Crippen LogP contribution < -0.4 is 15.5 Å². The molecule has 2 N–H and O–H groups in total. The monoisotopic (exact) mass is 570 g/mol. The first kappa shape index (κ1) is 26.2. The van der Waals surface area contributed by atoms with Crippen LogP contribution in [0.2, 0.25) is 5.02 Å². The van der Waals surface area contributed by atoms with E-state index in [1.807, 2.05) is 55.1 Å². The van der Waals surface area contributed by atoms with Crippen LogP contribution in [0.25, 0.3) is 0 Å². The molecule has 1 unspecified atom stereocenters. The van der Waals surface area contributed by atoms with E-state index in [0.29, 0.717) is 30.2 Å². The summed E-state index contributed by atoms with van der Waals surface area (Å²) in [5.74, 6) is 1.65. The van der Waals surface area contributed by atoms with Gasteiger partial charge in [-0.2, -0.15) is 0 Å². The average molecular weight is 571 g/mol. The Morgan fingerprint density at radius 1 is 1.25 bits per heavy atom. The van der Waals surface area contributed by atoms with E-state index < -0.39 is 0 Å². The predicted octanol–water partition coefficient (Wildman–Crippen LogP) is 3.78. The van der Waals surface area contributed by atoms with E-state index in [9.17, 15) is 4.79 Å². The van der Waals surface area contributed by atoms with Gasteiger partial charge in [0.1, 0.15) is 5.82 Å². The van der Waals surface area contributed by atoms with Gasteiger partial charge >= 0.3 is 0 Å². The minimum atomic E-state index is 0. The molecule has 7 nitrogen and oxygen atoms in total. The molecule has 1 aliphatic rings. The Hall–Kier alpha value is -2.07. The first-order valence-corrected chi connectivity index (χ1v) is 11.1. The first-order valence-electron chi connectivity index (χ1n) is 10.8. The van der Waals surface area contributed by atoms with Gasteiger partial charge in [-0.05, 0) is 50.1 Å². The van der Waals surface area contributed by atoms with Crippen molar-refractivity contribution in [3.63, 3.8) is 0 Å². The fraction of sp³-hybridized carbons (Fsp3) is 0.435. The molecule has 0 aliphatic carbocycles. The normalized spacial score (nSPS) is 15.8. The quantitative estimate of drug-likeness (QED) is 0.301. The highest BCUT2D eigenvalue weighted by Gasteiger charge is 2.25. The van der Waals surface area contributed by atoms with E-state index in [0.717, 1.165) is 36.9 Å². The molecule has 1 atom stereocenters. The third-order valence-electron chi connectivity index (χ3n) is 5.50. The lowest BCUT2D eigenvalue weighted by atomic mass is 10.1. The molecule has 0 radical (unpaired) electrons. The second-order valence-electron chi connectivity index (χ2n) is 7.48. The van der Waals surface area contributed by atoms with Gasteiger partial charge < -0.3 is 20.4 Å². The lowest BCUT2D eigenvalue weighted by Gasteiger charge is -2.20. The molecule has 174 valence electrons. The van der Waals surface area contributed by atoms with Crippen LogP contribution in [0.3, 0.4) is 0 Å². The fourth-order valence-corrected chi connectivity index (χ4v) is 3.95. The number of pyridine rings is 1. The van der Waals surface area contributed by atoms with Gasteiger partial charge in [0.05, 0.1) is 5.02 Å². The number of nitrogens with zero attached hydrogens (tertiary/aromatic N) is 4. The Morgan fingerprint density at radius 2 is 1.97 bits per heavy atom. The minimum Gasteiger partial charge on any atom is -0.353 e. The molecule has 9 heteroatoms. The van der Waals surface area contributed by atoms with Crippen LogP contribution in [0.5, 0.6) is 0 Å². The number of guanidine groups is 1. The number of benzene rings is 1. The highest BCUT2D eigenvalue weighted by atomic mass is 127. The third-order valence-corrected chi connectivity index (χ3v) is 5.80. The number of rotatable bonds is 7. The van der Waals surface area contributed by atoms with Gasteiger partial charge in [0.15, 0.2) is 5.96 Å². The number of hydrogen-bond acceptors (Lipinski definition) is 4. The summed E-state index contributed by atoms with van der Waals surface area (Å²) in [6, 6.07) is 11.7. The van der Waals surface area contributed by atoms with Crippen LogP contribution >= 0.6 is 35.6 Å². The maximum Gasteiger partial charge on any atom is 0.253 e. The second kappa shape index (κ2) is 12.8. The smallest absolute Gasteiger partial charge is 0.253 e. The SMILES string of the molecule is CCN(CC)C(=O)c1ccc(CNC(=NC)NC2CCN(c3ncccc3Cl)C2)cc1.I. The van der Waals surface area contributed by atoms with Crippen LogP contribution in [-0.4, -0.2) is 61.0 Å². The lowest BCUT2D eigenvalue weighted by Crippen LogP contribution is -2.44. The summed E-state index contributed by atoms with van der Waals surface area (Å²) in [7, 11) is 1.77. The highest BCUT2D eigenvalue weighted by molar-refractivity contribution is 14.0. The van der Waals surface area contributed by atoms with E-state index in [1.165, 1.54) is 0 Å². The molecule has 3 rings (SSSR count). The summed E-state index contributed by atoms with van der Waals surface area (Å²) < 4.78 is 0. The van der Waals surface area contributed by atoms with Crippen LogP contribution in [0.1, 0.15) is 36.2 Å². The van der Waals surface area contributed by atoms with Crippen molar-refractivity contribution in [3.8, 4) is 0 Å². The second-order valence-corrected chi connectivity index (χ2v) is 7.89. The Morgan fingerprint density at radius 3 is 2.59 bits per heavy atom. The number of carbonyl (C=O) groups is 1. The summed E-state index contributed by atoms with van der Waals surface area (Å²) in [4.78, 5) is 25.2. The molecule has 32 heavy (non-hydrogen) atoms. The summed E-state index contributed by atoms with van der Waals surface area (Å²) >= 11 is 6.28. The van der Waals surface area contributed by atoms with E-state index in [4.69, 9.17) is 11.6 Å². The third kappa shape index (κ3) is 6.71. The zero-order valence-corrected chi connectivity index (χ0v) is 21.9. The number of hydrogen-bond donors (Lipinski definition) is 2. The van der Waals surface area contributed by atoms with Gasteiger partial charge in [0.2, 0.25) is 0 Å². The zero-order valence-electron chi connectivity index (χ0n) is 18.8. The molecule has 1 saturated heterocycles. The van der Waals surface area contributed by atoms with Crippen LogP contribution in [0.15, 0.2) is 47.6 Å². The molecule has 1 amide bonds. The molecule has 1 aromatic heterocycles. The summed E-state index contributed by atoms with van der Waals surface area (Å²) in [5.41, 5.74) is 1.81. The van der Waals surface area contributed by atoms with Crippen molar-refractivity contribution in [1.29, 1.82) is 0 Å². The molecular formula is C23H32ClIN6O. The van der Waals surface area contributed by atoms with E-state index >= 15 is 0 Å². The fourth-order valence-electron chi connectivity index (χ4n) is 3.71. The largest absolute Gasteiger partial charge is 0.353 e. The number of anilines is 1. The van der Waals surface area contributed by atoms with Gasteiger partial charge in [-0.25, -0.2) is 4.98 Å². The topological polar surface area (TPSA) is 72.9 Å². The average Bonchev–Trinajstić information content (AvgIpc) is 3.26. The molecule has 1 aromatic carbocycles. The van der Waals surface area contributed by atoms with E-state index in [1.54, 1.807) is 13.2 Å². The molecule has 2 heterocycles. The first-order chi connectivity index (χ1) is 15.0. The van der Waals surface area contributed by atoms with Crippen molar-refractivity contribution in [2.75, 3.05) is 38.1 Å². The van der Waals surface area contributed by atoms with Gasteiger partial charge in [-0.1, -0.05) is 23.7 Å². The van der Waals surface area contributed by atoms with Gasteiger partial charge in [-0.15, -0.1) is 24.0 Å². The van der Waals surface area contributed by atoms with Gasteiger partial charge in [0, 0.05) is 57.6 Å².